The third-order valence-corrected chi connectivity index (χ3v) is 5.25. The minimum absolute atomic E-state index is 0.0511. The fourth-order valence-corrected chi connectivity index (χ4v) is 4.41. The summed E-state index contributed by atoms with van der Waals surface area (Å²) < 4.78 is 28.1. The van der Waals surface area contributed by atoms with Crippen LogP contribution in [-0.2, 0) is 14.6 Å². The van der Waals surface area contributed by atoms with Crippen molar-refractivity contribution >= 4 is 21.4 Å². The smallest absolute Gasteiger partial charge is 0.273 e. The number of sulfone groups is 1. The zero-order chi connectivity index (χ0) is 16.4. The number of non-ortho nitro benzene ring substituents is 1. The van der Waals surface area contributed by atoms with Gasteiger partial charge in [-0.2, -0.15) is 0 Å². The molecule has 120 valence electrons. The van der Waals surface area contributed by atoms with Crippen molar-refractivity contribution < 1.29 is 22.9 Å². The number of carbonyl (C=O) groups excluding carboxylic acids is 1. The fourth-order valence-electron chi connectivity index (χ4n) is 2.32. The van der Waals surface area contributed by atoms with Gasteiger partial charge in [-0.15, -0.1) is 0 Å². The highest BCUT2D eigenvalue weighted by Gasteiger charge is 2.39. The van der Waals surface area contributed by atoms with Gasteiger partial charge in [-0.1, -0.05) is 6.07 Å². The molecule has 1 amide bonds. The van der Waals surface area contributed by atoms with E-state index >= 15 is 0 Å². The lowest BCUT2D eigenvalue weighted by Gasteiger charge is -2.23. The Bertz CT molecular complexity index is 702. The Morgan fingerprint density at radius 3 is 2.82 bits per heavy atom. The van der Waals surface area contributed by atoms with Crippen LogP contribution in [0, 0.1) is 10.1 Å². The van der Waals surface area contributed by atoms with Gasteiger partial charge in [0.05, 0.1) is 28.0 Å². The van der Waals surface area contributed by atoms with Gasteiger partial charge >= 0.3 is 0 Å². The zero-order valence-corrected chi connectivity index (χ0v) is 12.8. The second kappa shape index (κ2) is 5.91. The van der Waals surface area contributed by atoms with E-state index in [9.17, 15) is 23.3 Å². The van der Waals surface area contributed by atoms with Crippen LogP contribution in [0.1, 0.15) is 13.3 Å². The molecule has 1 saturated heterocycles. The van der Waals surface area contributed by atoms with Crippen LogP contribution in [0.4, 0.5) is 5.69 Å². The maximum Gasteiger partial charge on any atom is 0.273 e. The molecule has 1 fully saturated rings. The molecule has 0 saturated carbocycles. The molecule has 0 radical (unpaired) electrons. The van der Waals surface area contributed by atoms with Crippen LogP contribution in [0.3, 0.4) is 0 Å². The number of nitrogens with zero attached hydrogens (tertiary/aromatic N) is 1. The maximum atomic E-state index is 11.8. The number of hydrogen-bond acceptors (Lipinski definition) is 6. The van der Waals surface area contributed by atoms with Gasteiger partial charge in [0, 0.05) is 6.07 Å². The number of hydrogen-bond donors (Lipinski definition) is 1. The van der Waals surface area contributed by atoms with Gasteiger partial charge in [-0.3, -0.25) is 14.9 Å². The lowest BCUT2D eigenvalue weighted by Crippen LogP contribution is -2.48. The van der Waals surface area contributed by atoms with Crippen molar-refractivity contribution in [1.82, 2.24) is 5.32 Å². The summed E-state index contributed by atoms with van der Waals surface area (Å²) in [5, 5.41) is 13.3. The van der Waals surface area contributed by atoms with Crippen LogP contribution < -0.4 is 10.1 Å². The fraction of sp³-hybridized carbons (Fsp3) is 0.462. The number of benzene rings is 1. The Morgan fingerprint density at radius 1 is 1.50 bits per heavy atom. The van der Waals surface area contributed by atoms with Crippen molar-refractivity contribution in [3.05, 3.63) is 34.4 Å². The van der Waals surface area contributed by atoms with Crippen LogP contribution in [0.25, 0.3) is 0 Å². The van der Waals surface area contributed by atoms with Gasteiger partial charge in [0.25, 0.3) is 11.6 Å². The first-order valence-electron chi connectivity index (χ1n) is 6.58. The van der Waals surface area contributed by atoms with Crippen LogP contribution in [0.2, 0.25) is 0 Å². The summed E-state index contributed by atoms with van der Waals surface area (Å²) in [5.41, 5.74) is -0.922. The quantitative estimate of drug-likeness (QED) is 0.627. The van der Waals surface area contributed by atoms with Crippen molar-refractivity contribution in [1.29, 1.82) is 0 Å². The van der Waals surface area contributed by atoms with E-state index in [1.54, 1.807) is 6.92 Å². The second-order valence-corrected chi connectivity index (χ2v) is 7.68. The Labute approximate surface area is 127 Å². The van der Waals surface area contributed by atoms with E-state index in [1.807, 2.05) is 0 Å². The highest BCUT2D eigenvalue weighted by atomic mass is 32.2. The van der Waals surface area contributed by atoms with Crippen LogP contribution in [-0.4, -0.2) is 42.9 Å². The van der Waals surface area contributed by atoms with E-state index < -0.39 is 26.2 Å². The Kier molecular flexibility index (Phi) is 4.36. The molecule has 8 nitrogen and oxygen atoms in total. The van der Waals surface area contributed by atoms with Crippen LogP contribution in [0.15, 0.2) is 24.3 Å². The lowest BCUT2D eigenvalue weighted by atomic mass is 10.0. The molecule has 1 N–H and O–H groups in total. The SMILES string of the molecule is C[C@]1(NC(=O)COc2cccc([N+](=O)[O-])c2)CCS(=O)(=O)C1. The van der Waals surface area contributed by atoms with Crippen molar-refractivity contribution in [2.45, 2.75) is 18.9 Å². The monoisotopic (exact) mass is 328 g/mol. The molecular formula is C13H16N2O6S. The van der Waals surface area contributed by atoms with Crippen LogP contribution in [0.5, 0.6) is 5.75 Å². The van der Waals surface area contributed by atoms with Gasteiger partial charge in [0.1, 0.15) is 5.75 Å². The third kappa shape index (κ3) is 4.17. The summed E-state index contributed by atoms with van der Waals surface area (Å²) in [6.07, 6.45) is 0.359. The zero-order valence-electron chi connectivity index (χ0n) is 11.9. The van der Waals surface area contributed by atoms with Crippen molar-refractivity contribution in [3.63, 3.8) is 0 Å². The summed E-state index contributed by atoms with van der Waals surface area (Å²) in [6.45, 7) is 1.33. The van der Waals surface area contributed by atoms with Crippen molar-refractivity contribution in [2.75, 3.05) is 18.1 Å². The normalized spacial score (nSPS) is 23.0. The van der Waals surface area contributed by atoms with Crippen molar-refractivity contribution in [2.24, 2.45) is 0 Å². The minimum atomic E-state index is -3.11. The molecule has 0 aliphatic carbocycles. The Morgan fingerprint density at radius 2 is 2.23 bits per heavy atom. The molecule has 0 unspecified atom stereocenters. The van der Waals surface area contributed by atoms with Gasteiger partial charge < -0.3 is 10.1 Å². The minimum Gasteiger partial charge on any atom is -0.484 e. The standard InChI is InChI=1S/C13H16N2O6S/c1-13(5-6-22(19,20)9-13)14-12(16)8-21-11-4-2-3-10(7-11)15(17)18/h2-4,7H,5-6,8-9H2,1H3,(H,14,16)/t13-/m0/s1. The molecule has 0 bridgehead atoms. The summed E-state index contributed by atoms with van der Waals surface area (Å²) in [7, 11) is -3.11. The van der Waals surface area contributed by atoms with Gasteiger partial charge in [-0.05, 0) is 19.4 Å². The largest absolute Gasteiger partial charge is 0.484 e. The molecule has 22 heavy (non-hydrogen) atoms. The molecular weight excluding hydrogens is 312 g/mol. The topological polar surface area (TPSA) is 116 Å². The van der Waals surface area contributed by atoms with E-state index in [4.69, 9.17) is 4.74 Å². The lowest BCUT2D eigenvalue weighted by molar-refractivity contribution is -0.384. The molecule has 1 aliphatic heterocycles. The number of rotatable bonds is 5. The molecule has 9 heteroatoms. The second-order valence-electron chi connectivity index (χ2n) is 5.49. The van der Waals surface area contributed by atoms with E-state index in [-0.39, 0.29) is 29.5 Å². The molecule has 1 atom stereocenters. The molecule has 0 spiro atoms. The summed E-state index contributed by atoms with van der Waals surface area (Å²) in [5.74, 6) is -0.308. The molecule has 2 rings (SSSR count). The Balaban J connectivity index is 1.91. The van der Waals surface area contributed by atoms with E-state index in [0.717, 1.165) is 0 Å². The third-order valence-electron chi connectivity index (χ3n) is 3.34. The predicted molar refractivity (Wildman–Crippen MR) is 78.4 cm³/mol. The number of carbonyl (C=O) groups is 1. The maximum absolute atomic E-state index is 11.8. The first-order valence-corrected chi connectivity index (χ1v) is 8.40. The molecule has 0 aromatic heterocycles. The first kappa shape index (κ1) is 16.2. The highest BCUT2D eigenvalue weighted by Crippen LogP contribution is 2.23. The summed E-state index contributed by atoms with van der Waals surface area (Å²) in [6, 6.07) is 5.49. The molecule has 1 aliphatic rings. The number of nitrogens with one attached hydrogen (secondary N) is 1. The number of ether oxygens (including phenoxy) is 1. The molecule has 1 heterocycles. The van der Waals surface area contributed by atoms with Gasteiger partial charge in [0.15, 0.2) is 16.4 Å². The molecule has 1 aromatic rings. The Hall–Kier alpha value is -2.16. The highest BCUT2D eigenvalue weighted by molar-refractivity contribution is 7.91. The van der Waals surface area contributed by atoms with E-state index in [1.165, 1.54) is 24.3 Å². The number of amides is 1. The van der Waals surface area contributed by atoms with E-state index in [2.05, 4.69) is 5.32 Å². The summed E-state index contributed by atoms with van der Waals surface area (Å²) in [4.78, 5) is 21.9. The molecule has 1 aromatic carbocycles. The number of nitro groups is 1. The van der Waals surface area contributed by atoms with Crippen molar-refractivity contribution in [3.8, 4) is 5.75 Å². The average Bonchev–Trinajstić information content (AvgIpc) is 2.70. The van der Waals surface area contributed by atoms with Crippen LogP contribution >= 0.6 is 0 Å². The number of nitro benzene ring substituents is 1. The summed E-state index contributed by atoms with van der Waals surface area (Å²) >= 11 is 0. The first-order chi connectivity index (χ1) is 10.2. The van der Waals surface area contributed by atoms with E-state index in [0.29, 0.717) is 6.42 Å². The van der Waals surface area contributed by atoms with Gasteiger partial charge in [0.2, 0.25) is 0 Å². The average molecular weight is 328 g/mol. The predicted octanol–water partition coefficient (Wildman–Crippen LogP) is 0.667. The van der Waals surface area contributed by atoms with Gasteiger partial charge in [-0.25, -0.2) is 8.42 Å².